The second-order valence-electron chi connectivity index (χ2n) is 2.50. The molecule has 0 fully saturated rings. The highest BCUT2D eigenvalue weighted by molar-refractivity contribution is 5.58. The maximum atomic E-state index is 8.77. The van der Waals surface area contributed by atoms with E-state index in [1.165, 1.54) is 12.6 Å². The predicted molar refractivity (Wildman–Crippen MR) is 52.4 cm³/mol. The van der Waals surface area contributed by atoms with Gasteiger partial charge in [-0.05, 0) is 13.8 Å². The first-order valence-corrected chi connectivity index (χ1v) is 4.43. The lowest BCUT2D eigenvalue weighted by molar-refractivity contribution is 0.343. The summed E-state index contributed by atoms with van der Waals surface area (Å²) in [5.41, 5.74) is 0.461. The monoisotopic (exact) mass is 192 g/mol. The summed E-state index contributed by atoms with van der Waals surface area (Å²) in [5.74, 6) is 0.545. The van der Waals surface area contributed by atoms with E-state index in [-0.39, 0.29) is 0 Å². The molecule has 0 bridgehead atoms. The van der Waals surface area contributed by atoms with Crippen molar-refractivity contribution in [3.05, 3.63) is 11.8 Å². The number of nitrogens with zero attached hydrogens (tertiary/aromatic N) is 4. The molecule has 0 aliphatic carbocycles. The van der Waals surface area contributed by atoms with Crippen LogP contribution in [0.15, 0.2) is 11.2 Å². The molecule has 0 saturated carbocycles. The number of ether oxygens (including phenoxy) is 1. The SMILES string of the molecule is CCO/C=N/c1c(C#N)cnn1CC. The Morgan fingerprint density at radius 3 is 3.07 bits per heavy atom. The third-order valence-electron chi connectivity index (χ3n) is 1.65. The van der Waals surface area contributed by atoms with Crippen molar-refractivity contribution in [2.75, 3.05) is 6.61 Å². The molecule has 0 spiro atoms. The first-order valence-electron chi connectivity index (χ1n) is 4.43. The number of hydrogen-bond donors (Lipinski definition) is 0. The van der Waals surface area contributed by atoms with Gasteiger partial charge >= 0.3 is 0 Å². The quantitative estimate of drug-likeness (QED) is 0.536. The van der Waals surface area contributed by atoms with Gasteiger partial charge in [0.1, 0.15) is 11.6 Å². The topological polar surface area (TPSA) is 63.2 Å². The fraction of sp³-hybridized carbons (Fsp3) is 0.444. The van der Waals surface area contributed by atoms with Gasteiger partial charge in [0.15, 0.2) is 12.2 Å². The maximum absolute atomic E-state index is 8.77. The lowest BCUT2D eigenvalue weighted by Gasteiger charge is -1.98. The molecule has 0 aromatic carbocycles. The van der Waals surface area contributed by atoms with Gasteiger partial charge in [-0.15, -0.1) is 0 Å². The maximum Gasteiger partial charge on any atom is 0.176 e. The summed E-state index contributed by atoms with van der Waals surface area (Å²) in [6.45, 7) is 5.05. The van der Waals surface area contributed by atoms with Crippen molar-refractivity contribution in [1.82, 2.24) is 9.78 Å². The molecular formula is C9H12N4O. The summed E-state index contributed by atoms with van der Waals surface area (Å²) in [7, 11) is 0. The Morgan fingerprint density at radius 2 is 2.50 bits per heavy atom. The molecule has 0 aliphatic heterocycles. The largest absolute Gasteiger partial charge is 0.483 e. The molecule has 0 saturated heterocycles. The second-order valence-corrected chi connectivity index (χ2v) is 2.50. The van der Waals surface area contributed by atoms with Crippen molar-refractivity contribution in [2.24, 2.45) is 4.99 Å². The summed E-state index contributed by atoms with van der Waals surface area (Å²) in [5, 5.41) is 12.8. The van der Waals surface area contributed by atoms with E-state index >= 15 is 0 Å². The van der Waals surface area contributed by atoms with Gasteiger partial charge in [0.05, 0.1) is 12.8 Å². The van der Waals surface area contributed by atoms with Gasteiger partial charge in [-0.25, -0.2) is 4.68 Å². The first kappa shape index (κ1) is 10.3. The highest BCUT2D eigenvalue weighted by atomic mass is 16.5. The highest BCUT2D eigenvalue weighted by Gasteiger charge is 2.06. The van der Waals surface area contributed by atoms with Crippen LogP contribution in [-0.4, -0.2) is 22.8 Å². The molecule has 0 aliphatic rings. The molecule has 1 aromatic heterocycles. The second kappa shape index (κ2) is 5.02. The molecule has 1 heterocycles. The summed E-state index contributed by atoms with van der Waals surface area (Å²) in [4.78, 5) is 4.03. The Bertz CT molecular complexity index is 361. The van der Waals surface area contributed by atoms with Gasteiger partial charge < -0.3 is 4.74 Å². The Balaban J connectivity index is 2.92. The van der Waals surface area contributed by atoms with E-state index < -0.39 is 0 Å². The minimum Gasteiger partial charge on any atom is -0.483 e. The van der Waals surface area contributed by atoms with Crippen LogP contribution in [0.3, 0.4) is 0 Å². The molecule has 1 aromatic rings. The molecule has 14 heavy (non-hydrogen) atoms. The number of nitriles is 1. The number of rotatable bonds is 4. The van der Waals surface area contributed by atoms with Crippen LogP contribution < -0.4 is 0 Å². The normalized spacial score (nSPS) is 10.4. The number of hydrogen-bond acceptors (Lipinski definition) is 4. The highest BCUT2D eigenvalue weighted by Crippen LogP contribution is 2.16. The molecule has 5 nitrogen and oxygen atoms in total. The lowest BCUT2D eigenvalue weighted by Crippen LogP contribution is -1.96. The molecule has 0 amide bonds. The van der Waals surface area contributed by atoms with Crippen LogP contribution in [0, 0.1) is 11.3 Å². The smallest absolute Gasteiger partial charge is 0.176 e. The van der Waals surface area contributed by atoms with Crippen molar-refractivity contribution in [1.29, 1.82) is 5.26 Å². The van der Waals surface area contributed by atoms with Crippen LogP contribution in [-0.2, 0) is 11.3 Å². The van der Waals surface area contributed by atoms with E-state index in [1.807, 2.05) is 19.9 Å². The average molecular weight is 192 g/mol. The molecule has 0 atom stereocenters. The zero-order valence-corrected chi connectivity index (χ0v) is 8.27. The molecule has 1 rings (SSSR count). The van der Waals surface area contributed by atoms with Crippen LogP contribution in [0.25, 0.3) is 0 Å². The molecular weight excluding hydrogens is 180 g/mol. The van der Waals surface area contributed by atoms with Crippen LogP contribution in [0.5, 0.6) is 0 Å². The van der Waals surface area contributed by atoms with E-state index in [9.17, 15) is 0 Å². The summed E-state index contributed by atoms with van der Waals surface area (Å²) in [6.07, 6.45) is 2.84. The Kier molecular flexibility index (Phi) is 3.68. The average Bonchev–Trinajstić information content (AvgIpc) is 2.60. The zero-order chi connectivity index (χ0) is 10.4. The standard InChI is InChI=1S/C9H12N4O/c1-3-13-9(11-7-14-4-2)8(5-10)6-12-13/h6-7H,3-4H2,1-2H3/b11-7+. The van der Waals surface area contributed by atoms with Gasteiger partial charge in [-0.3, -0.25) is 0 Å². The van der Waals surface area contributed by atoms with E-state index in [4.69, 9.17) is 10.00 Å². The lowest BCUT2D eigenvalue weighted by atomic mass is 10.4. The molecule has 0 N–H and O–H groups in total. The van der Waals surface area contributed by atoms with Crippen LogP contribution >= 0.6 is 0 Å². The van der Waals surface area contributed by atoms with Gasteiger partial charge in [0.2, 0.25) is 0 Å². The third-order valence-corrected chi connectivity index (χ3v) is 1.65. The van der Waals surface area contributed by atoms with E-state index in [0.29, 0.717) is 24.5 Å². The van der Waals surface area contributed by atoms with E-state index in [0.717, 1.165) is 0 Å². The molecule has 0 radical (unpaired) electrons. The number of aromatic nitrogens is 2. The summed E-state index contributed by atoms with van der Waals surface area (Å²) in [6, 6.07) is 2.02. The molecule has 0 unspecified atom stereocenters. The summed E-state index contributed by atoms with van der Waals surface area (Å²) >= 11 is 0. The number of aliphatic imine (C=N–C) groups is 1. The van der Waals surface area contributed by atoms with Gasteiger partial charge in [0.25, 0.3) is 0 Å². The fourth-order valence-electron chi connectivity index (χ4n) is 0.987. The zero-order valence-electron chi connectivity index (χ0n) is 8.27. The van der Waals surface area contributed by atoms with Crippen LogP contribution in [0.4, 0.5) is 5.82 Å². The van der Waals surface area contributed by atoms with Crippen molar-refractivity contribution in [3.63, 3.8) is 0 Å². The van der Waals surface area contributed by atoms with E-state index in [2.05, 4.69) is 10.1 Å². The Hall–Kier alpha value is -1.83. The van der Waals surface area contributed by atoms with Crippen molar-refractivity contribution < 1.29 is 4.74 Å². The number of aryl methyl sites for hydroxylation is 1. The molecule has 74 valence electrons. The van der Waals surface area contributed by atoms with Gasteiger partial charge in [-0.1, -0.05) is 0 Å². The Labute approximate surface area is 82.6 Å². The molecule has 5 heteroatoms. The van der Waals surface area contributed by atoms with Crippen molar-refractivity contribution in [3.8, 4) is 6.07 Å². The summed E-state index contributed by atoms with van der Waals surface area (Å²) < 4.78 is 6.61. The third kappa shape index (κ3) is 2.10. The Morgan fingerprint density at radius 1 is 1.71 bits per heavy atom. The minimum absolute atomic E-state index is 0.461. The fourth-order valence-corrected chi connectivity index (χ4v) is 0.987. The van der Waals surface area contributed by atoms with Crippen molar-refractivity contribution >= 4 is 12.2 Å². The minimum atomic E-state index is 0.461. The van der Waals surface area contributed by atoms with Gasteiger partial charge in [-0.2, -0.15) is 15.4 Å². The van der Waals surface area contributed by atoms with Crippen LogP contribution in [0.2, 0.25) is 0 Å². The van der Waals surface area contributed by atoms with Gasteiger partial charge in [0, 0.05) is 6.54 Å². The van der Waals surface area contributed by atoms with E-state index in [1.54, 1.807) is 4.68 Å². The van der Waals surface area contributed by atoms with Crippen molar-refractivity contribution in [2.45, 2.75) is 20.4 Å². The predicted octanol–water partition coefficient (Wildman–Crippen LogP) is 1.47. The van der Waals surface area contributed by atoms with Crippen LogP contribution in [0.1, 0.15) is 19.4 Å². The first-order chi connectivity index (χ1) is 6.83.